The average Bonchev–Trinajstić information content (AvgIpc) is 2.46. The van der Waals surface area contributed by atoms with Crippen LogP contribution < -0.4 is 0 Å². The van der Waals surface area contributed by atoms with E-state index in [0.29, 0.717) is 17.8 Å². The third-order valence-corrected chi connectivity index (χ3v) is 3.06. The summed E-state index contributed by atoms with van der Waals surface area (Å²) in [6.45, 7) is 10.00. The topological polar surface area (TPSA) is 33.6 Å². The summed E-state index contributed by atoms with van der Waals surface area (Å²) in [5.74, 6) is 2.00. The molecule has 0 spiro atoms. The summed E-state index contributed by atoms with van der Waals surface area (Å²) in [5, 5.41) is 6.71. The molecule has 1 aromatic heterocycles. The fourth-order valence-electron chi connectivity index (χ4n) is 1.82. The summed E-state index contributed by atoms with van der Waals surface area (Å²) >= 11 is 5.12. The number of nitrogens with one attached hydrogen (secondary N) is 1. The van der Waals surface area contributed by atoms with Crippen molar-refractivity contribution >= 4 is 12.2 Å². The molecule has 0 saturated carbocycles. The van der Waals surface area contributed by atoms with Crippen LogP contribution in [0.3, 0.4) is 0 Å². The second kappa shape index (κ2) is 4.73. The Hall–Kier alpha value is -0.640. The van der Waals surface area contributed by atoms with Gasteiger partial charge in [-0.3, -0.25) is 5.10 Å². The molecule has 80 valence electrons. The van der Waals surface area contributed by atoms with Crippen LogP contribution in [0, 0.1) is 22.5 Å². The van der Waals surface area contributed by atoms with Gasteiger partial charge in [0.15, 0.2) is 4.77 Å². The molecule has 0 aliphatic carbocycles. The van der Waals surface area contributed by atoms with Crippen molar-refractivity contribution in [2.75, 3.05) is 0 Å². The van der Waals surface area contributed by atoms with Gasteiger partial charge in [-0.1, -0.05) is 27.7 Å². The van der Waals surface area contributed by atoms with Gasteiger partial charge in [0.05, 0.1) is 0 Å². The van der Waals surface area contributed by atoms with Gasteiger partial charge in [-0.25, -0.2) is 0 Å². The maximum absolute atomic E-state index is 5.12. The van der Waals surface area contributed by atoms with Crippen LogP contribution in [0.15, 0.2) is 6.33 Å². The summed E-state index contributed by atoms with van der Waals surface area (Å²) < 4.78 is 2.73. The van der Waals surface area contributed by atoms with Crippen molar-refractivity contribution in [1.29, 1.82) is 0 Å². The molecule has 0 unspecified atom stereocenters. The molecule has 0 aliphatic heterocycles. The second-order valence-corrected chi connectivity index (χ2v) is 4.85. The monoisotopic (exact) mass is 213 g/mol. The van der Waals surface area contributed by atoms with Gasteiger partial charge in [-0.15, -0.1) is 0 Å². The van der Waals surface area contributed by atoms with Gasteiger partial charge < -0.3 is 4.57 Å². The van der Waals surface area contributed by atoms with E-state index in [4.69, 9.17) is 12.2 Å². The minimum Gasteiger partial charge on any atom is -0.306 e. The van der Waals surface area contributed by atoms with Crippen LogP contribution in [-0.2, 0) is 6.54 Å². The van der Waals surface area contributed by atoms with Gasteiger partial charge in [0.1, 0.15) is 6.33 Å². The van der Waals surface area contributed by atoms with Gasteiger partial charge >= 0.3 is 0 Å². The van der Waals surface area contributed by atoms with Crippen LogP contribution in [0.5, 0.6) is 0 Å². The van der Waals surface area contributed by atoms with E-state index in [1.54, 1.807) is 6.33 Å². The number of H-pyrrole nitrogens is 1. The van der Waals surface area contributed by atoms with Crippen molar-refractivity contribution in [2.45, 2.75) is 34.2 Å². The highest BCUT2D eigenvalue weighted by molar-refractivity contribution is 7.71. The normalized spacial score (nSPS) is 11.9. The van der Waals surface area contributed by atoms with Crippen molar-refractivity contribution in [3.8, 4) is 0 Å². The molecule has 0 radical (unpaired) electrons. The predicted molar refractivity (Wildman–Crippen MR) is 60.6 cm³/mol. The fourth-order valence-corrected chi connectivity index (χ4v) is 1.99. The summed E-state index contributed by atoms with van der Waals surface area (Å²) in [7, 11) is 0. The molecule has 1 rings (SSSR count). The quantitative estimate of drug-likeness (QED) is 0.780. The van der Waals surface area contributed by atoms with Gasteiger partial charge in [0.25, 0.3) is 0 Å². The Morgan fingerprint density at radius 2 is 1.93 bits per heavy atom. The molecule has 0 atom stereocenters. The second-order valence-electron chi connectivity index (χ2n) is 4.47. The van der Waals surface area contributed by atoms with Crippen LogP contribution in [0.1, 0.15) is 27.7 Å². The third-order valence-electron chi connectivity index (χ3n) is 2.74. The molecule has 0 aliphatic rings. The lowest BCUT2D eigenvalue weighted by atomic mass is 9.85. The number of aromatic amines is 1. The maximum Gasteiger partial charge on any atom is 0.194 e. The highest BCUT2D eigenvalue weighted by atomic mass is 32.1. The zero-order valence-corrected chi connectivity index (χ0v) is 10.1. The van der Waals surface area contributed by atoms with E-state index in [-0.39, 0.29) is 0 Å². The Morgan fingerprint density at radius 3 is 2.29 bits per heavy atom. The summed E-state index contributed by atoms with van der Waals surface area (Å²) in [6, 6.07) is 0. The molecular weight excluding hydrogens is 194 g/mol. The Balaban J connectivity index is 2.75. The molecule has 1 aromatic rings. The lowest BCUT2D eigenvalue weighted by Crippen LogP contribution is -2.21. The van der Waals surface area contributed by atoms with Crippen LogP contribution in [0.4, 0.5) is 0 Å². The fraction of sp³-hybridized carbons (Fsp3) is 0.800. The summed E-state index contributed by atoms with van der Waals surface area (Å²) in [4.78, 5) is 0. The van der Waals surface area contributed by atoms with Crippen LogP contribution in [0.2, 0.25) is 0 Å². The molecule has 0 aromatic carbocycles. The number of hydrogen-bond donors (Lipinski definition) is 1. The zero-order chi connectivity index (χ0) is 10.7. The predicted octanol–water partition coefficient (Wildman–Crippen LogP) is 2.87. The van der Waals surface area contributed by atoms with Gasteiger partial charge in [0.2, 0.25) is 0 Å². The molecule has 0 bridgehead atoms. The molecule has 0 saturated heterocycles. The van der Waals surface area contributed by atoms with E-state index in [9.17, 15) is 0 Å². The first-order valence-electron chi connectivity index (χ1n) is 5.12. The van der Waals surface area contributed by atoms with Crippen molar-refractivity contribution in [1.82, 2.24) is 14.8 Å². The number of rotatable bonds is 4. The van der Waals surface area contributed by atoms with Crippen LogP contribution in [-0.4, -0.2) is 14.8 Å². The number of nitrogens with zero attached hydrogens (tertiary/aromatic N) is 2. The SMILES string of the molecule is CC(C)C(Cn1cn[nH]c1=S)C(C)C. The van der Waals surface area contributed by atoms with E-state index in [1.165, 1.54) is 0 Å². The summed E-state index contributed by atoms with van der Waals surface area (Å²) in [6.07, 6.45) is 1.78. The van der Waals surface area contributed by atoms with E-state index >= 15 is 0 Å². The molecule has 0 amide bonds. The van der Waals surface area contributed by atoms with Gasteiger partial charge in [-0.05, 0) is 30.0 Å². The minimum absolute atomic E-state index is 0.652. The lowest BCUT2D eigenvalue weighted by Gasteiger charge is -2.24. The average molecular weight is 213 g/mol. The van der Waals surface area contributed by atoms with Gasteiger partial charge in [0, 0.05) is 6.54 Å². The molecule has 3 nitrogen and oxygen atoms in total. The highest BCUT2D eigenvalue weighted by Crippen LogP contribution is 2.22. The molecule has 4 heteroatoms. The molecule has 1 N–H and O–H groups in total. The Bertz CT molecular complexity index is 316. The van der Waals surface area contributed by atoms with Crippen molar-refractivity contribution in [2.24, 2.45) is 17.8 Å². The molecule has 0 fully saturated rings. The Kier molecular flexibility index (Phi) is 3.86. The zero-order valence-electron chi connectivity index (χ0n) is 9.32. The Morgan fingerprint density at radius 1 is 1.36 bits per heavy atom. The maximum atomic E-state index is 5.12. The summed E-state index contributed by atoms with van der Waals surface area (Å²) in [5.41, 5.74) is 0. The first-order valence-corrected chi connectivity index (χ1v) is 5.53. The Labute approximate surface area is 90.5 Å². The smallest absolute Gasteiger partial charge is 0.194 e. The van der Waals surface area contributed by atoms with Crippen molar-refractivity contribution in [3.63, 3.8) is 0 Å². The third kappa shape index (κ3) is 2.67. The number of aromatic nitrogens is 3. The molecular formula is C10H19N3S. The molecule has 14 heavy (non-hydrogen) atoms. The van der Waals surface area contributed by atoms with Crippen molar-refractivity contribution in [3.05, 3.63) is 11.1 Å². The van der Waals surface area contributed by atoms with E-state index in [1.807, 2.05) is 4.57 Å². The van der Waals surface area contributed by atoms with E-state index < -0.39 is 0 Å². The first kappa shape index (κ1) is 11.4. The highest BCUT2D eigenvalue weighted by Gasteiger charge is 2.18. The van der Waals surface area contributed by atoms with E-state index in [2.05, 4.69) is 37.9 Å². The molecule has 1 heterocycles. The van der Waals surface area contributed by atoms with E-state index in [0.717, 1.165) is 11.3 Å². The largest absolute Gasteiger partial charge is 0.306 e. The standard InChI is InChI=1S/C10H19N3S/c1-7(2)9(8(3)4)5-13-6-11-12-10(13)14/h6-9H,5H2,1-4H3,(H,12,14). The van der Waals surface area contributed by atoms with Crippen LogP contribution in [0.25, 0.3) is 0 Å². The number of hydrogen-bond acceptors (Lipinski definition) is 2. The first-order chi connectivity index (χ1) is 6.52. The van der Waals surface area contributed by atoms with Crippen LogP contribution >= 0.6 is 12.2 Å². The van der Waals surface area contributed by atoms with Crippen molar-refractivity contribution < 1.29 is 0 Å². The minimum atomic E-state index is 0.652. The lowest BCUT2D eigenvalue weighted by molar-refractivity contribution is 0.250. The van der Waals surface area contributed by atoms with Gasteiger partial charge in [-0.2, -0.15) is 5.10 Å².